The Morgan fingerprint density at radius 3 is 2.75 bits per heavy atom. The van der Waals surface area contributed by atoms with Gasteiger partial charge in [0.05, 0.1) is 13.1 Å². The molecule has 0 unspecified atom stereocenters. The summed E-state index contributed by atoms with van der Waals surface area (Å²) in [5.41, 5.74) is 0.765. The molecule has 2 aliphatic rings. The lowest BCUT2D eigenvalue weighted by molar-refractivity contribution is -0.117. The third-order valence-electron chi connectivity index (χ3n) is 5.62. The Morgan fingerprint density at radius 2 is 2.00 bits per heavy atom. The minimum atomic E-state index is -0.312. The van der Waals surface area contributed by atoms with Gasteiger partial charge >= 0.3 is 0 Å². The molecule has 2 amide bonds. The van der Waals surface area contributed by atoms with Gasteiger partial charge in [0.25, 0.3) is 11.8 Å². The van der Waals surface area contributed by atoms with Gasteiger partial charge in [-0.15, -0.1) is 0 Å². The predicted molar refractivity (Wildman–Crippen MR) is 102 cm³/mol. The maximum atomic E-state index is 12.6. The number of ether oxygens (including phenoxy) is 1. The molecule has 0 aliphatic carbocycles. The number of aromatic hydroxyl groups is 1. The van der Waals surface area contributed by atoms with Gasteiger partial charge in [-0.25, -0.2) is 0 Å². The van der Waals surface area contributed by atoms with E-state index in [1.807, 2.05) is 0 Å². The van der Waals surface area contributed by atoms with Gasteiger partial charge in [-0.1, -0.05) is 6.07 Å². The first kappa shape index (κ1) is 18.4. The van der Waals surface area contributed by atoms with Crippen molar-refractivity contribution in [3.63, 3.8) is 0 Å². The summed E-state index contributed by atoms with van der Waals surface area (Å²) < 4.78 is 6.01. The number of phenols is 1. The first-order valence-electron chi connectivity index (χ1n) is 9.48. The van der Waals surface area contributed by atoms with Crippen LogP contribution in [0.4, 0.5) is 0 Å². The van der Waals surface area contributed by atoms with Crippen LogP contribution >= 0.6 is 0 Å². The molecule has 7 nitrogen and oxygen atoms in total. The number of nitrogens with one attached hydrogen (secondary N) is 1. The van der Waals surface area contributed by atoms with Crippen molar-refractivity contribution in [3.8, 4) is 5.75 Å². The summed E-state index contributed by atoms with van der Waals surface area (Å²) in [6, 6.07) is 9.77. The fraction of sp³-hybridized carbons (Fsp3) is 0.381. The minimum Gasteiger partial charge on any atom is -0.508 e. The fourth-order valence-electron chi connectivity index (χ4n) is 4.07. The molecule has 3 heterocycles. The van der Waals surface area contributed by atoms with Crippen LogP contribution in [0.3, 0.4) is 0 Å². The molecule has 0 saturated carbocycles. The highest BCUT2D eigenvalue weighted by molar-refractivity contribution is 5.95. The van der Waals surface area contributed by atoms with Gasteiger partial charge in [-0.05, 0) is 49.1 Å². The topological polar surface area (TPSA) is 91.8 Å². The number of amides is 2. The zero-order valence-electron chi connectivity index (χ0n) is 15.5. The van der Waals surface area contributed by atoms with Gasteiger partial charge in [0, 0.05) is 36.7 Å². The highest BCUT2D eigenvalue weighted by Gasteiger charge is 2.54. The summed E-state index contributed by atoms with van der Waals surface area (Å²) in [7, 11) is 0. The summed E-state index contributed by atoms with van der Waals surface area (Å²) in [5.74, 6) is 0.186. The van der Waals surface area contributed by atoms with E-state index in [1.54, 1.807) is 47.6 Å². The van der Waals surface area contributed by atoms with Crippen molar-refractivity contribution < 1.29 is 19.4 Å². The van der Waals surface area contributed by atoms with E-state index in [-0.39, 0.29) is 23.2 Å². The molecule has 2 aliphatic heterocycles. The summed E-state index contributed by atoms with van der Waals surface area (Å²) in [6.45, 7) is 2.34. The SMILES string of the molecule is O=C(NCC[C@H]1CCOC12CN(C(=O)c1cccc(O)c1)C2)c1ccncc1. The van der Waals surface area contributed by atoms with Crippen LogP contribution in [0.25, 0.3) is 0 Å². The summed E-state index contributed by atoms with van der Waals surface area (Å²) in [4.78, 5) is 30.4. The van der Waals surface area contributed by atoms with Crippen LogP contribution in [-0.2, 0) is 4.74 Å². The second-order valence-corrected chi connectivity index (χ2v) is 7.39. The van der Waals surface area contributed by atoms with Crippen LogP contribution in [0, 0.1) is 5.92 Å². The smallest absolute Gasteiger partial charge is 0.254 e. The Hall–Kier alpha value is -2.93. The van der Waals surface area contributed by atoms with Crippen molar-refractivity contribution in [3.05, 3.63) is 59.9 Å². The molecule has 0 bridgehead atoms. The summed E-state index contributed by atoms with van der Waals surface area (Å²) >= 11 is 0. The number of carbonyl (C=O) groups is 2. The van der Waals surface area contributed by atoms with Gasteiger partial charge in [-0.2, -0.15) is 0 Å². The van der Waals surface area contributed by atoms with Crippen molar-refractivity contribution >= 4 is 11.8 Å². The van der Waals surface area contributed by atoms with Gasteiger partial charge in [0.1, 0.15) is 11.4 Å². The molecule has 28 heavy (non-hydrogen) atoms. The van der Waals surface area contributed by atoms with Crippen LogP contribution in [0.15, 0.2) is 48.8 Å². The van der Waals surface area contributed by atoms with E-state index in [4.69, 9.17) is 4.74 Å². The molecule has 1 aromatic heterocycles. The first-order chi connectivity index (χ1) is 13.6. The second-order valence-electron chi connectivity index (χ2n) is 7.39. The first-order valence-corrected chi connectivity index (χ1v) is 9.48. The van der Waals surface area contributed by atoms with Crippen molar-refractivity contribution in [2.75, 3.05) is 26.2 Å². The molecule has 2 N–H and O–H groups in total. The van der Waals surface area contributed by atoms with Crippen LogP contribution in [-0.4, -0.2) is 58.6 Å². The third kappa shape index (κ3) is 3.57. The number of hydrogen-bond donors (Lipinski definition) is 2. The Bertz CT molecular complexity index is 865. The van der Waals surface area contributed by atoms with Gasteiger partial charge in [0.15, 0.2) is 0 Å². The number of hydrogen-bond acceptors (Lipinski definition) is 5. The lowest BCUT2D eigenvalue weighted by Crippen LogP contribution is -2.66. The predicted octanol–water partition coefficient (Wildman–Crippen LogP) is 1.84. The van der Waals surface area contributed by atoms with E-state index in [2.05, 4.69) is 10.3 Å². The van der Waals surface area contributed by atoms with Crippen molar-refractivity contribution in [2.45, 2.75) is 18.4 Å². The number of rotatable bonds is 5. The molecule has 4 rings (SSSR count). The number of nitrogens with zero attached hydrogens (tertiary/aromatic N) is 2. The van der Waals surface area contributed by atoms with Crippen LogP contribution in [0.1, 0.15) is 33.6 Å². The molecule has 1 aromatic carbocycles. The van der Waals surface area contributed by atoms with E-state index in [1.165, 1.54) is 6.07 Å². The Labute approximate surface area is 163 Å². The minimum absolute atomic E-state index is 0.0843. The van der Waals surface area contributed by atoms with Gasteiger partial charge in [-0.3, -0.25) is 14.6 Å². The number of aromatic nitrogens is 1. The fourth-order valence-corrected chi connectivity index (χ4v) is 4.07. The number of pyridine rings is 1. The highest BCUT2D eigenvalue weighted by Crippen LogP contribution is 2.42. The molecule has 2 saturated heterocycles. The molecular weight excluding hydrogens is 358 g/mol. The number of benzene rings is 1. The monoisotopic (exact) mass is 381 g/mol. The average molecular weight is 381 g/mol. The van der Waals surface area contributed by atoms with E-state index in [0.29, 0.717) is 43.3 Å². The lowest BCUT2D eigenvalue weighted by Gasteiger charge is -2.50. The quantitative estimate of drug-likeness (QED) is 0.825. The third-order valence-corrected chi connectivity index (χ3v) is 5.62. The second kappa shape index (κ2) is 7.59. The van der Waals surface area contributed by atoms with Crippen molar-refractivity contribution in [1.82, 2.24) is 15.2 Å². The van der Waals surface area contributed by atoms with E-state index in [0.717, 1.165) is 12.8 Å². The zero-order valence-corrected chi connectivity index (χ0v) is 15.5. The molecule has 0 radical (unpaired) electrons. The van der Waals surface area contributed by atoms with E-state index < -0.39 is 0 Å². The Kier molecular flexibility index (Phi) is 5.00. The Balaban J connectivity index is 1.30. The van der Waals surface area contributed by atoms with Crippen molar-refractivity contribution in [1.29, 1.82) is 0 Å². The van der Waals surface area contributed by atoms with Crippen LogP contribution < -0.4 is 5.32 Å². The lowest BCUT2D eigenvalue weighted by atomic mass is 9.78. The summed E-state index contributed by atoms with van der Waals surface area (Å²) in [6.07, 6.45) is 4.94. The maximum absolute atomic E-state index is 12.6. The number of phenolic OH excluding ortho intramolecular Hbond substituents is 1. The van der Waals surface area contributed by atoms with Gasteiger partial charge in [0.2, 0.25) is 0 Å². The molecule has 7 heteroatoms. The van der Waals surface area contributed by atoms with E-state index in [9.17, 15) is 14.7 Å². The molecular formula is C21H23N3O4. The Morgan fingerprint density at radius 1 is 1.21 bits per heavy atom. The summed E-state index contributed by atoms with van der Waals surface area (Å²) in [5, 5.41) is 12.5. The molecule has 146 valence electrons. The molecule has 2 fully saturated rings. The number of carbonyl (C=O) groups excluding carboxylic acids is 2. The largest absolute Gasteiger partial charge is 0.508 e. The molecule has 1 atom stereocenters. The van der Waals surface area contributed by atoms with Gasteiger partial charge < -0.3 is 20.1 Å². The highest BCUT2D eigenvalue weighted by atomic mass is 16.5. The van der Waals surface area contributed by atoms with Crippen LogP contribution in [0.2, 0.25) is 0 Å². The molecule has 2 aromatic rings. The molecule has 1 spiro atoms. The standard InChI is InChI=1S/C21H23N3O4/c25-18-3-1-2-16(12-18)20(27)24-13-21(14-24)17(7-11-28-21)6-10-23-19(26)15-4-8-22-9-5-15/h1-5,8-9,12,17,25H,6-7,10-11,13-14H2,(H,23,26)/t17-/m0/s1. The average Bonchev–Trinajstić information content (AvgIpc) is 3.11. The van der Waals surface area contributed by atoms with Crippen LogP contribution in [0.5, 0.6) is 5.75 Å². The maximum Gasteiger partial charge on any atom is 0.254 e. The number of likely N-dealkylation sites (tertiary alicyclic amines) is 1. The van der Waals surface area contributed by atoms with E-state index >= 15 is 0 Å². The normalized spacial score (nSPS) is 20.0. The van der Waals surface area contributed by atoms with Crippen molar-refractivity contribution in [2.24, 2.45) is 5.92 Å². The zero-order chi connectivity index (χ0) is 19.6.